The van der Waals surface area contributed by atoms with Gasteiger partial charge in [0, 0.05) is 56.5 Å². The third-order valence-electron chi connectivity index (χ3n) is 8.70. The molecule has 12 heteroatoms. The predicted molar refractivity (Wildman–Crippen MR) is 162 cm³/mol. The van der Waals surface area contributed by atoms with Crippen LogP contribution >= 0.6 is 0 Å². The van der Waals surface area contributed by atoms with Crippen LogP contribution in [0.2, 0.25) is 0 Å². The summed E-state index contributed by atoms with van der Waals surface area (Å²) in [4.78, 5) is 30.4. The first-order valence-electron chi connectivity index (χ1n) is 14.5. The summed E-state index contributed by atoms with van der Waals surface area (Å²) >= 11 is 0. The van der Waals surface area contributed by atoms with Crippen molar-refractivity contribution in [2.75, 3.05) is 48.0 Å². The van der Waals surface area contributed by atoms with Crippen molar-refractivity contribution in [3.63, 3.8) is 0 Å². The predicted octanol–water partition coefficient (Wildman–Crippen LogP) is 4.95. The van der Waals surface area contributed by atoms with Gasteiger partial charge in [0.2, 0.25) is 0 Å². The molecular weight excluding hydrogens is 591 g/mol. The summed E-state index contributed by atoms with van der Waals surface area (Å²) in [5, 5.41) is 10.6. The molecule has 1 unspecified atom stereocenters. The van der Waals surface area contributed by atoms with Gasteiger partial charge < -0.3 is 30.0 Å². The maximum Gasteiger partial charge on any atom is 0.416 e. The number of ether oxygens (including phenoxy) is 3. The number of nitrogens with zero attached hydrogens (tertiary/aromatic N) is 2. The summed E-state index contributed by atoms with van der Waals surface area (Å²) in [6, 6.07) is 8.16. The summed E-state index contributed by atoms with van der Waals surface area (Å²) in [6.45, 7) is 5.53. The largest absolute Gasteiger partial charge is 0.493 e. The molecule has 4 rings (SSSR count). The number of rotatable bonds is 10. The Morgan fingerprint density at radius 3 is 2.11 bits per heavy atom. The van der Waals surface area contributed by atoms with E-state index in [1.54, 1.807) is 40.0 Å². The Hall–Kier alpha value is -4.03. The number of benzene rings is 2. The van der Waals surface area contributed by atoms with E-state index in [1.807, 2.05) is 12.1 Å². The van der Waals surface area contributed by atoms with Crippen molar-refractivity contribution in [1.29, 1.82) is 0 Å². The van der Waals surface area contributed by atoms with Gasteiger partial charge in [-0.2, -0.15) is 13.2 Å². The molecule has 0 saturated carbocycles. The van der Waals surface area contributed by atoms with Crippen LogP contribution in [-0.2, 0) is 33.5 Å². The standard InChI is InChI=1S/C33H40F3N3O6/c1-32(2,18-37)29-28(30(40)41)26(19-7-9-22(10-8-19)33(34,35)36)27(31(42)45-6)23(38(29)3)12-14-39-13-11-20-15-24(43-4)25(44-5)16-21(20)17-39/h7-10,15-16,26H,11-14,17-18,37H2,1-6H3,(H,40,41). The molecule has 3 N–H and O–H groups in total. The van der Waals surface area contributed by atoms with Crippen molar-refractivity contribution < 1.29 is 42.1 Å². The van der Waals surface area contributed by atoms with Crippen LogP contribution in [0.5, 0.6) is 11.5 Å². The first kappa shape index (κ1) is 33.9. The molecule has 244 valence electrons. The Bertz CT molecular complexity index is 1510. The molecule has 0 radical (unpaired) electrons. The van der Waals surface area contributed by atoms with Gasteiger partial charge in [-0.15, -0.1) is 0 Å². The highest BCUT2D eigenvalue weighted by Gasteiger charge is 2.45. The average molecular weight is 632 g/mol. The van der Waals surface area contributed by atoms with Crippen LogP contribution in [0.15, 0.2) is 58.9 Å². The van der Waals surface area contributed by atoms with Crippen molar-refractivity contribution in [2.45, 2.75) is 45.3 Å². The number of carboxylic acids is 1. The van der Waals surface area contributed by atoms with Gasteiger partial charge >= 0.3 is 18.1 Å². The number of alkyl halides is 3. The van der Waals surface area contributed by atoms with Crippen LogP contribution in [0.25, 0.3) is 0 Å². The van der Waals surface area contributed by atoms with Crippen LogP contribution in [-0.4, -0.2) is 74.9 Å². The Labute approximate surface area is 261 Å². The van der Waals surface area contributed by atoms with Gasteiger partial charge in [0.1, 0.15) is 0 Å². The van der Waals surface area contributed by atoms with Gasteiger partial charge in [0.15, 0.2) is 11.5 Å². The van der Waals surface area contributed by atoms with E-state index in [2.05, 4.69) is 4.90 Å². The number of carbonyl (C=O) groups excluding carboxylic acids is 1. The van der Waals surface area contributed by atoms with Gasteiger partial charge in [-0.1, -0.05) is 26.0 Å². The topological polar surface area (TPSA) is 115 Å². The Kier molecular flexibility index (Phi) is 9.88. The molecule has 2 aliphatic heterocycles. The van der Waals surface area contributed by atoms with Crippen molar-refractivity contribution >= 4 is 11.9 Å². The van der Waals surface area contributed by atoms with Gasteiger partial charge in [-0.25, -0.2) is 9.59 Å². The monoisotopic (exact) mass is 631 g/mol. The van der Waals surface area contributed by atoms with Crippen LogP contribution in [0.3, 0.4) is 0 Å². The van der Waals surface area contributed by atoms with E-state index in [0.29, 0.717) is 42.4 Å². The zero-order chi connectivity index (χ0) is 33.3. The van der Waals surface area contributed by atoms with Gasteiger partial charge in [0.05, 0.1) is 44.0 Å². The maximum absolute atomic E-state index is 13.5. The second-order valence-electron chi connectivity index (χ2n) is 11.9. The SMILES string of the molecule is COC(=O)C1=C(CCN2CCc3cc(OC)c(OC)cc3C2)N(C)C(C(C)(C)CN)=C(C(=O)O)C1c1ccc(C(F)(F)F)cc1. The molecule has 2 aromatic carbocycles. The zero-order valence-corrected chi connectivity index (χ0v) is 26.4. The lowest BCUT2D eigenvalue weighted by molar-refractivity contribution is -0.138. The number of nitrogens with two attached hydrogens (primary N) is 1. The lowest BCUT2D eigenvalue weighted by Crippen LogP contribution is -2.43. The highest BCUT2D eigenvalue weighted by Crippen LogP contribution is 2.48. The molecule has 1 atom stereocenters. The van der Waals surface area contributed by atoms with Crippen LogP contribution in [0.4, 0.5) is 13.2 Å². The molecule has 0 aromatic heterocycles. The van der Waals surface area contributed by atoms with E-state index in [9.17, 15) is 27.9 Å². The molecule has 2 heterocycles. The van der Waals surface area contributed by atoms with Crippen molar-refractivity contribution in [3.8, 4) is 11.5 Å². The van der Waals surface area contributed by atoms with E-state index in [-0.39, 0.29) is 23.3 Å². The zero-order valence-electron chi connectivity index (χ0n) is 26.4. The van der Waals surface area contributed by atoms with E-state index < -0.39 is 35.0 Å². The van der Waals surface area contributed by atoms with Crippen LogP contribution in [0.1, 0.15) is 48.4 Å². The Morgan fingerprint density at radius 2 is 1.60 bits per heavy atom. The highest BCUT2D eigenvalue weighted by atomic mass is 19.4. The smallest absolute Gasteiger partial charge is 0.416 e. The van der Waals surface area contributed by atoms with Crippen LogP contribution in [0, 0.1) is 5.41 Å². The lowest BCUT2D eigenvalue weighted by atomic mass is 9.73. The van der Waals surface area contributed by atoms with Crippen molar-refractivity contribution in [2.24, 2.45) is 11.1 Å². The minimum absolute atomic E-state index is 0.0672. The summed E-state index contributed by atoms with van der Waals surface area (Å²) in [5.41, 5.74) is 7.69. The summed E-state index contributed by atoms with van der Waals surface area (Å²) in [6.07, 6.45) is -3.49. The summed E-state index contributed by atoms with van der Waals surface area (Å²) in [5.74, 6) is -1.97. The third-order valence-corrected chi connectivity index (χ3v) is 8.70. The van der Waals surface area contributed by atoms with Crippen molar-refractivity contribution in [3.05, 3.63) is 81.2 Å². The van der Waals surface area contributed by atoms with E-state index in [4.69, 9.17) is 19.9 Å². The number of aliphatic carboxylic acids is 1. The normalized spacial score (nSPS) is 17.7. The van der Waals surface area contributed by atoms with Gasteiger partial charge in [0.25, 0.3) is 0 Å². The van der Waals surface area contributed by atoms with E-state index >= 15 is 0 Å². The fourth-order valence-corrected chi connectivity index (χ4v) is 6.33. The molecule has 9 nitrogen and oxygen atoms in total. The molecule has 0 spiro atoms. The number of hydrogen-bond acceptors (Lipinski definition) is 8. The van der Waals surface area contributed by atoms with E-state index in [1.165, 1.54) is 19.2 Å². The first-order valence-corrected chi connectivity index (χ1v) is 14.5. The molecule has 0 fully saturated rings. The Morgan fingerprint density at radius 1 is 1.00 bits per heavy atom. The number of methoxy groups -OCH3 is 3. The molecule has 45 heavy (non-hydrogen) atoms. The molecule has 0 bridgehead atoms. The number of carbonyl (C=O) groups is 2. The number of fused-ring (bicyclic) bond motifs is 1. The lowest BCUT2D eigenvalue weighted by Gasteiger charge is -2.44. The quantitative estimate of drug-likeness (QED) is 0.352. The molecular formula is C33H40F3N3O6. The fourth-order valence-electron chi connectivity index (χ4n) is 6.33. The number of halogens is 3. The average Bonchev–Trinajstić information content (AvgIpc) is 3.01. The Balaban J connectivity index is 1.81. The van der Waals surface area contributed by atoms with Crippen molar-refractivity contribution in [1.82, 2.24) is 9.80 Å². The molecule has 2 aromatic rings. The third kappa shape index (κ3) is 6.67. The first-order chi connectivity index (χ1) is 21.2. The summed E-state index contributed by atoms with van der Waals surface area (Å²) in [7, 11) is 6.06. The minimum atomic E-state index is -4.59. The van der Waals surface area contributed by atoms with Crippen LogP contribution < -0.4 is 15.2 Å². The van der Waals surface area contributed by atoms with Gasteiger partial charge in [-0.3, -0.25) is 4.90 Å². The maximum atomic E-state index is 13.5. The second kappa shape index (κ2) is 13.1. The second-order valence-corrected chi connectivity index (χ2v) is 11.9. The number of hydrogen-bond donors (Lipinski definition) is 2. The molecule has 2 aliphatic rings. The van der Waals surface area contributed by atoms with Gasteiger partial charge in [-0.05, 0) is 47.4 Å². The highest BCUT2D eigenvalue weighted by molar-refractivity contribution is 5.99. The molecule has 0 aliphatic carbocycles. The summed E-state index contributed by atoms with van der Waals surface area (Å²) < 4.78 is 56.4. The molecule has 0 saturated heterocycles. The number of esters is 1. The van der Waals surface area contributed by atoms with E-state index in [0.717, 1.165) is 36.2 Å². The molecule has 0 amide bonds. The minimum Gasteiger partial charge on any atom is -0.493 e. The number of carboxylic acid groups (broad SMARTS) is 1. The fraction of sp³-hybridized carbons (Fsp3) is 0.455.